The van der Waals surface area contributed by atoms with Crippen LogP contribution in [-0.4, -0.2) is 43.7 Å². The van der Waals surface area contributed by atoms with E-state index in [0.717, 1.165) is 5.56 Å². The highest BCUT2D eigenvalue weighted by atomic mass is 32.1. The molecule has 0 saturated heterocycles. The van der Waals surface area contributed by atoms with Gasteiger partial charge in [-0.05, 0) is 25.3 Å². The lowest BCUT2D eigenvalue weighted by Crippen LogP contribution is -2.30. The molecule has 0 unspecified atom stereocenters. The number of amides is 1. The van der Waals surface area contributed by atoms with Crippen LogP contribution in [0.3, 0.4) is 0 Å². The van der Waals surface area contributed by atoms with Gasteiger partial charge in [0.1, 0.15) is 4.88 Å². The van der Waals surface area contributed by atoms with Crippen molar-refractivity contribution < 1.29 is 9.53 Å². The predicted molar refractivity (Wildman–Crippen MR) is 78.3 cm³/mol. The first kappa shape index (κ1) is 15.7. The molecule has 0 atom stereocenters. The zero-order valence-corrected chi connectivity index (χ0v) is 12.4. The molecule has 2 N–H and O–H groups in total. The fourth-order valence-corrected chi connectivity index (χ4v) is 2.26. The number of hydrogen-bond acceptors (Lipinski definition) is 4. The quantitative estimate of drug-likeness (QED) is 0.833. The largest absolute Gasteiger partial charge is 0.377 e. The topological polar surface area (TPSA) is 55.6 Å². The molecule has 5 heteroatoms. The number of nitrogens with zero attached hydrogens (tertiary/aromatic N) is 1. The maximum absolute atomic E-state index is 12.2. The van der Waals surface area contributed by atoms with Crippen LogP contribution in [-0.2, 0) is 4.74 Å². The summed E-state index contributed by atoms with van der Waals surface area (Å²) in [6, 6.07) is 1.85. The molecule has 19 heavy (non-hydrogen) atoms. The van der Waals surface area contributed by atoms with Crippen molar-refractivity contribution in [1.29, 1.82) is 0 Å². The van der Waals surface area contributed by atoms with Gasteiger partial charge in [0.25, 0.3) is 5.91 Å². The molecule has 104 valence electrons. The lowest BCUT2D eigenvalue weighted by atomic mass is 10.2. The van der Waals surface area contributed by atoms with Gasteiger partial charge in [-0.1, -0.05) is 11.8 Å². The summed E-state index contributed by atoms with van der Waals surface area (Å²) >= 11 is 1.40. The second kappa shape index (κ2) is 7.95. The van der Waals surface area contributed by atoms with Gasteiger partial charge in [-0.2, -0.15) is 0 Å². The highest BCUT2D eigenvalue weighted by Gasteiger charge is 2.16. The second-order valence-corrected chi connectivity index (χ2v) is 5.23. The van der Waals surface area contributed by atoms with Gasteiger partial charge in [-0.3, -0.25) is 4.79 Å². The van der Waals surface area contributed by atoms with Crippen molar-refractivity contribution in [3.8, 4) is 11.8 Å². The normalized spacial score (nSPS) is 10.2. The fourth-order valence-electron chi connectivity index (χ4n) is 1.42. The summed E-state index contributed by atoms with van der Waals surface area (Å²) in [6.45, 7) is 5.35. The highest BCUT2D eigenvalue weighted by molar-refractivity contribution is 7.12. The van der Waals surface area contributed by atoms with E-state index in [1.807, 2.05) is 25.3 Å². The number of thiophene rings is 1. The first-order chi connectivity index (χ1) is 9.06. The lowest BCUT2D eigenvalue weighted by molar-refractivity contribution is 0.0534. The molecule has 0 aliphatic rings. The molecule has 0 aliphatic heterocycles. The van der Waals surface area contributed by atoms with E-state index in [9.17, 15) is 4.79 Å². The first-order valence-corrected chi connectivity index (χ1v) is 7.07. The van der Waals surface area contributed by atoms with Crippen LogP contribution in [0.5, 0.6) is 0 Å². The summed E-state index contributed by atoms with van der Waals surface area (Å²) in [6.07, 6.45) is 0.177. The van der Waals surface area contributed by atoms with E-state index in [0.29, 0.717) is 24.6 Å². The maximum atomic E-state index is 12.2. The van der Waals surface area contributed by atoms with Crippen LogP contribution in [0.1, 0.15) is 29.1 Å². The Hall–Kier alpha value is -1.35. The zero-order valence-electron chi connectivity index (χ0n) is 11.6. The molecule has 0 spiro atoms. The number of ether oxygens (including phenoxy) is 1. The number of nitrogens with two attached hydrogens (primary N) is 1. The van der Waals surface area contributed by atoms with Gasteiger partial charge in [-0.25, -0.2) is 0 Å². The molecule has 1 rings (SSSR count). The number of carbonyl (C=O) groups excluding carboxylic acids is 1. The number of hydrogen-bond donors (Lipinski definition) is 1. The summed E-state index contributed by atoms with van der Waals surface area (Å²) in [5.41, 5.74) is 6.09. The van der Waals surface area contributed by atoms with E-state index in [1.165, 1.54) is 11.3 Å². The third-order valence-corrected chi connectivity index (χ3v) is 3.31. The monoisotopic (exact) mass is 280 g/mol. The number of rotatable bonds is 5. The Labute approximate surface area is 118 Å². The van der Waals surface area contributed by atoms with Gasteiger partial charge in [0, 0.05) is 19.2 Å². The van der Waals surface area contributed by atoms with E-state index < -0.39 is 0 Å². The van der Waals surface area contributed by atoms with E-state index in [4.69, 9.17) is 10.5 Å². The molecule has 0 saturated carbocycles. The smallest absolute Gasteiger partial charge is 0.265 e. The Kier molecular flexibility index (Phi) is 6.57. The Morgan fingerprint density at radius 1 is 1.58 bits per heavy atom. The minimum Gasteiger partial charge on any atom is -0.377 e. The van der Waals surface area contributed by atoms with Gasteiger partial charge < -0.3 is 15.4 Å². The minimum absolute atomic E-state index is 0.0244. The summed E-state index contributed by atoms with van der Waals surface area (Å²) in [4.78, 5) is 14.6. The van der Waals surface area contributed by atoms with Crippen LogP contribution in [0.25, 0.3) is 0 Å². The number of likely N-dealkylation sites (N-methyl/N-ethyl adjacent to an activating group) is 1. The molecule has 4 nitrogen and oxygen atoms in total. The van der Waals surface area contributed by atoms with E-state index >= 15 is 0 Å². The molecular formula is C14H20N2O2S. The lowest BCUT2D eigenvalue weighted by Gasteiger charge is -2.17. The molecule has 0 fully saturated rings. The Bertz CT molecular complexity index is 471. The minimum atomic E-state index is -0.0244. The van der Waals surface area contributed by atoms with Crippen molar-refractivity contribution in [1.82, 2.24) is 4.90 Å². The van der Waals surface area contributed by atoms with E-state index in [1.54, 1.807) is 11.9 Å². The zero-order chi connectivity index (χ0) is 14.3. The van der Waals surface area contributed by atoms with Crippen LogP contribution < -0.4 is 5.73 Å². The second-order valence-electron chi connectivity index (χ2n) is 4.32. The van der Waals surface area contributed by atoms with Gasteiger partial charge in [0.15, 0.2) is 0 Å². The van der Waals surface area contributed by atoms with Gasteiger partial charge >= 0.3 is 0 Å². The van der Waals surface area contributed by atoms with Crippen molar-refractivity contribution in [2.45, 2.75) is 20.0 Å². The van der Waals surface area contributed by atoms with Crippen molar-refractivity contribution in [3.05, 3.63) is 21.9 Å². The Morgan fingerprint density at radius 3 is 2.95 bits per heavy atom. The summed E-state index contributed by atoms with van der Waals surface area (Å²) in [7, 11) is 1.77. The summed E-state index contributed by atoms with van der Waals surface area (Å²) in [5.74, 6) is 5.67. The molecule has 1 aromatic heterocycles. The first-order valence-electron chi connectivity index (χ1n) is 6.19. The van der Waals surface area contributed by atoms with E-state index in [-0.39, 0.29) is 12.0 Å². The average Bonchev–Trinajstić information content (AvgIpc) is 2.82. The predicted octanol–water partition coefficient (Wildman–Crippen LogP) is 1.56. The van der Waals surface area contributed by atoms with Crippen molar-refractivity contribution in [2.24, 2.45) is 5.73 Å². The highest BCUT2D eigenvalue weighted by Crippen LogP contribution is 2.17. The Morgan fingerprint density at radius 2 is 2.32 bits per heavy atom. The SMILES string of the molecule is CC(C)OCCN(C)C(=O)c1sccc1C#CCN. The van der Waals surface area contributed by atoms with Crippen LogP contribution in [0.2, 0.25) is 0 Å². The van der Waals surface area contributed by atoms with E-state index in [2.05, 4.69) is 11.8 Å². The molecule has 1 aromatic rings. The molecule has 1 amide bonds. The molecule has 0 bridgehead atoms. The molecule has 0 aliphatic carbocycles. The van der Waals surface area contributed by atoms with Crippen molar-refractivity contribution in [3.63, 3.8) is 0 Å². The van der Waals surface area contributed by atoms with Gasteiger partial charge in [0.2, 0.25) is 0 Å². The molecular weight excluding hydrogens is 260 g/mol. The van der Waals surface area contributed by atoms with Crippen molar-refractivity contribution >= 4 is 17.2 Å². The standard InChI is InChI=1S/C14H20N2O2S/c1-11(2)18-9-8-16(3)14(17)13-12(5-4-7-15)6-10-19-13/h6,10-11H,7-9,15H2,1-3H3. The summed E-state index contributed by atoms with van der Waals surface area (Å²) in [5, 5.41) is 1.87. The Balaban J connectivity index is 2.64. The third kappa shape index (κ3) is 5.03. The van der Waals surface area contributed by atoms with Crippen LogP contribution in [0.4, 0.5) is 0 Å². The van der Waals surface area contributed by atoms with Crippen molar-refractivity contribution in [2.75, 3.05) is 26.7 Å². The van der Waals surface area contributed by atoms with Gasteiger partial charge in [-0.15, -0.1) is 11.3 Å². The molecule has 0 radical (unpaired) electrons. The van der Waals surface area contributed by atoms with Crippen LogP contribution in [0, 0.1) is 11.8 Å². The summed E-state index contributed by atoms with van der Waals surface area (Å²) < 4.78 is 5.44. The number of carbonyl (C=O) groups is 1. The third-order valence-electron chi connectivity index (χ3n) is 2.41. The molecule has 0 aromatic carbocycles. The maximum Gasteiger partial charge on any atom is 0.265 e. The van der Waals surface area contributed by atoms with Crippen LogP contribution >= 0.6 is 11.3 Å². The van der Waals surface area contributed by atoms with Gasteiger partial charge in [0.05, 0.1) is 19.3 Å². The fraction of sp³-hybridized carbons (Fsp3) is 0.500. The van der Waals surface area contributed by atoms with Crippen LogP contribution in [0.15, 0.2) is 11.4 Å². The average molecular weight is 280 g/mol. The molecule has 1 heterocycles.